The lowest BCUT2D eigenvalue weighted by Gasteiger charge is -2.36. The van der Waals surface area contributed by atoms with Crippen LogP contribution in [0.25, 0.3) is 0 Å². The van der Waals surface area contributed by atoms with E-state index in [2.05, 4.69) is 4.98 Å². The van der Waals surface area contributed by atoms with Gasteiger partial charge in [0.05, 0.1) is 17.6 Å². The van der Waals surface area contributed by atoms with Gasteiger partial charge in [-0.25, -0.2) is 8.42 Å². The Kier molecular flexibility index (Phi) is 5.11. The van der Waals surface area contributed by atoms with Crippen molar-refractivity contribution in [1.29, 1.82) is 0 Å². The van der Waals surface area contributed by atoms with E-state index in [4.69, 9.17) is 11.6 Å². The van der Waals surface area contributed by atoms with Crippen molar-refractivity contribution in [1.82, 2.24) is 9.29 Å². The van der Waals surface area contributed by atoms with E-state index in [9.17, 15) is 13.5 Å². The average molecular weight is 408 g/mol. The van der Waals surface area contributed by atoms with Crippen molar-refractivity contribution in [2.24, 2.45) is 0 Å². The van der Waals surface area contributed by atoms with Crippen molar-refractivity contribution in [3.8, 4) is 0 Å². The van der Waals surface area contributed by atoms with E-state index in [0.717, 1.165) is 41.6 Å². The minimum atomic E-state index is -3.18. The zero-order chi connectivity index (χ0) is 19.0. The smallest absolute Gasteiger partial charge is 0.214 e. The van der Waals surface area contributed by atoms with E-state index < -0.39 is 16.3 Å². The van der Waals surface area contributed by atoms with Crippen LogP contribution < -0.4 is 4.90 Å². The summed E-state index contributed by atoms with van der Waals surface area (Å²) in [7, 11) is -3.18. The number of nitrogens with zero attached hydrogens (tertiary/aromatic N) is 3. The Labute approximate surface area is 164 Å². The number of rotatable bonds is 3. The van der Waals surface area contributed by atoms with Gasteiger partial charge < -0.3 is 10.0 Å². The first-order valence-corrected chi connectivity index (χ1v) is 11.1. The molecule has 8 heteroatoms. The third-order valence-corrected chi connectivity index (χ3v) is 7.36. The molecule has 144 valence electrons. The number of fused-ring (bicyclic) bond motifs is 1. The highest BCUT2D eigenvalue weighted by Gasteiger charge is 2.28. The third-order valence-electron chi connectivity index (χ3n) is 5.22. The molecule has 0 radical (unpaired) electrons. The van der Waals surface area contributed by atoms with Gasteiger partial charge in [0, 0.05) is 36.4 Å². The maximum atomic E-state index is 12.2. The Morgan fingerprint density at radius 3 is 2.85 bits per heavy atom. The predicted molar refractivity (Wildman–Crippen MR) is 105 cm³/mol. The summed E-state index contributed by atoms with van der Waals surface area (Å²) < 4.78 is 26.0. The van der Waals surface area contributed by atoms with E-state index in [1.54, 1.807) is 18.5 Å². The zero-order valence-electron chi connectivity index (χ0n) is 14.9. The summed E-state index contributed by atoms with van der Waals surface area (Å²) in [6, 6.07) is 7.45. The third kappa shape index (κ3) is 3.82. The normalized spacial score (nSPS) is 22.4. The summed E-state index contributed by atoms with van der Waals surface area (Å²) in [4.78, 5) is 6.17. The van der Waals surface area contributed by atoms with Gasteiger partial charge >= 0.3 is 0 Å². The summed E-state index contributed by atoms with van der Waals surface area (Å²) in [5, 5.41) is 11.5. The van der Waals surface area contributed by atoms with Crippen molar-refractivity contribution < 1.29 is 13.5 Å². The van der Waals surface area contributed by atoms with Crippen LogP contribution >= 0.6 is 11.6 Å². The molecule has 2 aliphatic heterocycles. The quantitative estimate of drug-likeness (QED) is 0.846. The minimum Gasteiger partial charge on any atom is -0.369 e. The van der Waals surface area contributed by atoms with Gasteiger partial charge in [0.25, 0.3) is 0 Å². The highest BCUT2D eigenvalue weighted by Crippen LogP contribution is 2.33. The first-order valence-electron chi connectivity index (χ1n) is 9.09. The van der Waals surface area contributed by atoms with Gasteiger partial charge in [-0.2, -0.15) is 4.31 Å². The summed E-state index contributed by atoms with van der Waals surface area (Å²) in [5.41, 5.74) is 3.51. The van der Waals surface area contributed by atoms with Crippen LogP contribution in [0.5, 0.6) is 0 Å². The predicted octanol–water partition coefficient (Wildman–Crippen LogP) is 2.71. The molecule has 0 saturated carbocycles. The van der Waals surface area contributed by atoms with Crippen LogP contribution in [0, 0.1) is 0 Å². The van der Waals surface area contributed by atoms with Crippen molar-refractivity contribution in [3.63, 3.8) is 0 Å². The molecule has 0 amide bonds. The molecular weight excluding hydrogens is 386 g/mol. The van der Waals surface area contributed by atoms with Crippen LogP contribution in [0.15, 0.2) is 36.7 Å². The number of aromatic nitrogens is 1. The van der Waals surface area contributed by atoms with Crippen LogP contribution in [0.1, 0.15) is 35.8 Å². The standard InChI is InChI=1S/C19H22ClN3O3S/c20-16-3-4-18-15(10-16)5-7-23(19(18)24)17-9-14(11-21-12-17)13-22-6-1-2-8-27(22,25)26/h3-4,9-12,19,24H,1-2,5-8,13H2. The molecule has 2 aromatic rings. The largest absolute Gasteiger partial charge is 0.369 e. The number of hydrogen-bond acceptors (Lipinski definition) is 5. The molecule has 4 rings (SSSR count). The molecule has 0 aliphatic carbocycles. The molecule has 1 aromatic carbocycles. The lowest BCUT2D eigenvalue weighted by atomic mass is 9.97. The molecule has 1 aromatic heterocycles. The summed E-state index contributed by atoms with van der Waals surface area (Å²) in [6.45, 7) is 1.51. The lowest BCUT2D eigenvalue weighted by molar-refractivity contribution is 0.164. The Morgan fingerprint density at radius 2 is 2.04 bits per heavy atom. The molecule has 1 atom stereocenters. The van der Waals surface area contributed by atoms with E-state index in [0.29, 0.717) is 24.7 Å². The van der Waals surface area contributed by atoms with Crippen molar-refractivity contribution >= 4 is 27.3 Å². The molecule has 27 heavy (non-hydrogen) atoms. The van der Waals surface area contributed by atoms with Gasteiger partial charge in [0.15, 0.2) is 6.23 Å². The molecule has 0 bridgehead atoms. The van der Waals surface area contributed by atoms with Crippen LogP contribution in [0.2, 0.25) is 5.02 Å². The molecule has 6 nitrogen and oxygen atoms in total. The molecule has 2 aliphatic rings. The van der Waals surface area contributed by atoms with Gasteiger partial charge in [-0.05, 0) is 48.6 Å². The molecule has 1 N–H and O–H groups in total. The maximum absolute atomic E-state index is 12.2. The lowest BCUT2D eigenvalue weighted by Crippen LogP contribution is -2.37. The van der Waals surface area contributed by atoms with Crippen LogP contribution in [-0.4, -0.2) is 41.7 Å². The fourth-order valence-corrected chi connectivity index (χ4v) is 5.56. The second-order valence-electron chi connectivity index (χ2n) is 7.07. The highest BCUT2D eigenvalue weighted by molar-refractivity contribution is 7.89. The van der Waals surface area contributed by atoms with Gasteiger partial charge in [-0.3, -0.25) is 4.98 Å². The fraction of sp³-hybridized carbons (Fsp3) is 0.421. The topological polar surface area (TPSA) is 73.7 Å². The number of aliphatic hydroxyl groups excluding tert-OH is 1. The van der Waals surface area contributed by atoms with Crippen molar-refractivity contribution in [3.05, 3.63) is 58.4 Å². The van der Waals surface area contributed by atoms with Gasteiger partial charge in [0.2, 0.25) is 10.0 Å². The molecule has 1 fully saturated rings. The number of aliphatic hydroxyl groups is 1. The minimum absolute atomic E-state index is 0.213. The van der Waals surface area contributed by atoms with Crippen molar-refractivity contribution in [2.75, 3.05) is 23.7 Å². The van der Waals surface area contributed by atoms with E-state index in [-0.39, 0.29) is 5.75 Å². The first kappa shape index (κ1) is 18.7. The SMILES string of the molecule is O=S1(=O)CCCCN1Cc1cncc(N2CCc3cc(Cl)ccc3C2O)c1. The second-order valence-corrected chi connectivity index (χ2v) is 9.59. The van der Waals surface area contributed by atoms with E-state index in [1.807, 2.05) is 23.1 Å². The summed E-state index contributed by atoms with van der Waals surface area (Å²) in [5.74, 6) is 0.213. The number of pyridine rings is 1. The Bertz CT molecular complexity index is 951. The van der Waals surface area contributed by atoms with Gasteiger partial charge in [0.1, 0.15) is 0 Å². The van der Waals surface area contributed by atoms with Gasteiger partial charge in [-0.15, -0.1) is 0 Å². The maximum Gasteiger partial charge on any atom is 0.214 e. The number of anilines is 1. The monoisotopic (exact) mass is 407 g/mol. The molecule has 1 unspecified atom stereocenters. The summed E-state index contributed by atoms with van der Waals surface area (Å²) >= 11 is 6.06. The van der Waals surface area contributed by atoms with Crippen molar-refractivity contribution in [2.45, 2.75) is 32.0 Å². The van der Waals surface area contributed by atoms with Gasteiger partial charge in [-0.1, -0.05) is 17.7 Å². The molecule has 0 spiro atoms. The fourth-order valence-electron chi connectivity index (χ4n) is 3.78. The Balaban J connectivity index is 1.57. The average Bonchev–Trinajstić information content (AvgIpc) is 2.64. The van der Waals surface area contributed by atoms with E-state index >= 15 is 0 Å². The van der Waals surface area contributed by atoms with Crippen LogP contribution in [0.3, 0.4) is 0 Å². The number of benzene rings is 1. The number of halogens is 1. The summed E-state index contributed by atoms with van der Waals surface area (Å²) in [6.07, 6.45) is 5.01. The highest BCUT2D eigenvalue weighted by atomic mass is 35.5. The number of hydrogen-bond donors (Lipinski definition) is 1. The Morgan fingerprint density at radius 1 is 1.19 bits per heavy atom. The number of sulfonamides is 1. The molecule has 3 heterocycles. The molecular formula is C19H22ClN3O3S. The first-order chi connectivity index (χ1) is 12.9. The molecule has 1 saturated heterocycles. The van der Waals surface area contributed by atoms with E-state index in [1.165, 1.54) is 4.31 Å². The second kappa shape index (κ2) is 7.39. The van der Waals surface area contributed by atoms with Crippen LogP contribution in [0.4, 0.5) is 5.69 Å². The zero-order valence-corrected chi connectivity index (χ0v) is 16.5. The Hall–Kier alpha value is -1.67. The van der Waals surface area contributed by atoms with Crippen LogP contribution in [-0.2, 0) is 23.0 Å².